The molecule has 1 N–H and O–H groups in total. The lowest BCUT2D eigenvalue weighted by molar-refractivity contribution is -0.141. The standard InChI is InChI=1S/C10H7F4N/c1-5-6-3-2-4-7(11)8(6)15-9(5)10(12,13)14/h2-4,15H,1H3. The number of nitrogens with one attached hydrogen (secondary N) is 1. The van der Waals surface area contributed by atoms with Crippen LogP contribution in [0.5, 0.6) is 0 Å². The van der Waals surface area contributed by atoms with Crippen molar-refractivity contribution in [1.29, 1.82) is 0 Å². The Kier molecular flexibility index (Phi) is 1.99. The third kappa shape index (κ3) is 1.48. The second-order valence-electron chi connectivity index (χ2n) is 3.29. The van der Waals surface area contributed by atoms with Crippen LogP contribution in [0.25, 0.3) is 10.9 Å². The monoisotopic (exact) mass is 217 g/mol. The van der Waals surface area contributed by atoms with E-state index in [1.165, 1.54) is 19.1 Å². The first-order valence-corrected chi connectivity index (χ1v) is 4.25. The van der Waals surface area contributed by atoms with Gasteiger partial charge in [-0.25, -0.2) is 4.39 Å². The molecule has 0 radical (unpaired) electrons. The van der Waals surface area contributed by atoms with Gasteiger partial charge >= 0.3 is 6.18 Å². The van der Waals surface area contributed by atoms with Crippen LogP contribution in [-0.4, -0.2) is 4.98 Å². The Morgan fingerprint density at radius 1 is 1.20 bits per heavy atom. The Labute approximate surface area is 82.7 Å². The summed E-state index contributed by atoms with van der Waals surface area (Å²) >= 11 is 0. The zero-order chi connectivity index (χ0) is 11.2. The lowest BCUT2D eigenvalue weighted by Crippen LogP contribution is -2.06. The topological polar surface area (TPSA) is 15.8 Å². The van der Waals surface area contributed by atoms with Gasteiger partial charge in [0, 0.05) is 5.39 Å². The molecule has 15 heavy (non-hydrogen) atoms. The summed E-state index contributed by atoms with van der Waals surface area (Å²) in [5.74, 6) is -0.675. The highest BCUT2D eigenvalue weighted by molar-refractivity contribution is 5.85. The average Bonchev–Trinajstić information content (AvgIpc) is 2.45. The Morgan fingerprint density at radius 3 is 2.40 bits per heavy atom. The molecule has 1 heterocycles. The van der Waals surface area contributed by atoms with Gasteiger partial charge in [-0.05, 0) is 18.6 Å². The molecule has 0 amide bonds. The van der Waals surface area contributed by atoms with Gasteiger partial charge in [-0.2, -0.15) is 13.2 Å². The van der Waals surface area contributed by atoms with E-state index >= 15 is 0 Å². The summed E-state index contributed by atoms with van der Waals surface area (Å²) in [5, 5.41) is 0.266. The summed E-state index contributed by atoms with van der Waals surface area (Å²) in [6.45, 7) is 1.32. The predicted molar refractivity (Wildman–Crippen MR) is 48.0 cm³/mol. The van der Waals surface area contributed by atoms with Gasteiger partial charge in [0.2, 0.25) is 0 Å². The molecule has 1 nitrogen and oxygen atoms in total. The number of aromatic nitrogens is 1. The molecule has 5 heteroatoms. The quantitative estimate of drug-likeness (QED) is 0.648. The summed E-state index contributed by atoms with van der Waals surface area (Å²) in [5.41, 5.74) is -0.957. The fourth-order valence-corrected chi connectivity index (χ4v) is 1.60. The summed E-state index contributed by atoms with van der Waals surface area (Å²) < 4.78 is 50.6. The highest BCUT2D eigenvalue weighted by Crippen LogP contribution is 2.35. The number of hydrogen-bond acceptors (Lipinski definition) is 0. The second kappa shape index (κ2) is 2.98. The van der Waals surface area contributed by atoms with Crippen molar-refractivity contribution >= 4 is 10.9 Å². The molecule has 0 atom stereocenters. The van der Waals surface area contributed by atoms with Crippen LogP contribution >= 0.6 is 0 Å². The molecule has 0 aliphatic heterocycles. The van der Waals surface area contributed by atoms with Gasteiger partial charge < -0.3 is 4.98 Å². The molecule has 0 unspecified atom stereocenters. The lowest BCUT2D eigenvalue weighted by atomic mass is 10.1. The maximum atomic E-state index is 13.2. The number of aryl methyl sites for hydroxylation is 1. The molecule has 0 spiro atoms. The number of benzene rings is 1. The average molecular weight is 217 g/mol. The smallest absolute Gasteiger partial charge is 0.348 e. The first-order valence-electron chi connectivity index (χ1n) is 4.25. The minimum absolute atomic E-state index is 0.0250. The third-order valence-electron chi connectivity index (χ3n) is 2.33. The number of H-pyrrole nitrogens is 1. The molecule has 80 valence electrons. The minimum atomic E-state index is -4.48. The van der Waals surface area contributed by atoms with Crippen molar-refractivity contribution in [2.45, 2.75) is 13.1 Å². The van der Waals surface area contributed by atoms with E-state index in [0.29, 0.717) is 0 Å². The summed E-state index contributed by atoms with van der Waals surface area (Å²) in [7, 11) is 0. The molecule has 0 saturated carbocycles. The SMILES string of the molecule is Cc1c(C(F)(F)F)[nH]c2c(F)cccc12. The van der Waals surface area contributed by atoms with Gasteiger partial charge in [-0.3, -0.25) is 0 Å². The molecule has 2 aromatic rings. The Morgan fingerprint density at radius 2 is 1.87 bits per heavy atom. The van der Waals surface area contributed by atoms with E-state index in [2.05, 4.69) is 4.98 Å². The largest absolute Gasteiger partial charge is 0.431 e. The van der Waals surface area contributed by atoms with Crippen molar-refractivity contribution in [2.24, 2.45) is 0 Å². The molecule has 1 aromatic carbocycles. The van der Waals surface area contributed by atoms with Crippen LogP contribution in [0.1, 0.15) is 11.3 Å². The van der Waals surface area contributed by atoms with Crippen LogP contribution in [0, 0.1) is 12.7 Å². The zero-order valence-electron chi connectivity index (χ0n) is 7.74. The zero-order valence-corrected chi connectivity index (χ0v) is 7.74. The first kappa shape index (κ1) is 10.0. The van der Waals surface area contributed by atoms with Crippen molar-refractivity contribution in [1.82, 2.24) is 4.98 Å². The molecule has 0 aliphatic carbocycles. The van der Waals surface area contributed by atoms with Crippen LogP contribution in [0.2, 0.25) is 0 Å². The van der Waals surface area contributed by atoms with E-state index in [-0.39, 0.29) is 16.5 Å². The highest BCUT2D eigenvalue weighted by atomic mass is 19.4. The van der Waals surface area contributed by atoms with E-state index in [1.807, 2.05) is 0 Å². The fourth-order valence-electron chi connectivity index (χ4n) is 1.60. The van der Waals surface area contributed by atoms with E-state index in [1.54, 1.807) is 0 Å². The minimum Gasteiger partial charge on any atom is -0.348 e. The van der Waals surface area contributed by atoms with Crippen molar-refractivity contribution in [3.05, 3.63) is 35.3 Å². The summed E-state index contributed by atoms with van der Waals surface area (Å²) in [6.07, 6.45) is -4.48. The molecule has 0 aliphatic rings. The normalized spacial score (nSPS) is 12.3. The van der Waals surface area contributed by atoms with Gasteiger partial charge in [0.15, 0.2) is 0 Å². The van der Waals surface area contributed by atoms with Crippen LogP contribution in [0.15, 0.2) is 18.2 Å². The Balaban J connectivity index is 2.81. The molecule has 0 fully saturated rings. The fraction of sp³-hybridized carbons (Fsp3) is 0.200. The summed E-state index contributed by atoms with van der Waals surface area (Å²) in [4.78, 5) is 2.07. The molecule has 0 saturated heterocycles. The number of fused-ring (bicyclic) bond motifs is 1. The van der Waals surface area contributed by atoms with Gasteiger partial charge in [-0.1, -0.05) is 12.1 Å². The van der Waals surface area contributed by atoms with Crippen LogP contribution in [-0.2, 0) is 6.18 Å². The van der Waals surface area contributed by atoms with E-state index < -0.39 is 17.7 Å². The van der Waals surface area contributed by atoms with Gasteiger partial charge in [0.05, 0.1) is 5.52 Å². The lowest BCUT2D eigenvalue weighted by Gasteiger charge is -2.03. The van der Waals surface area contributed by atoms with Crippen molar-refractivity contribution in [3.8, 4) is 0 Å². The predicted octanol–water partition coefficient (Wildman–Crippen LogP) is 3.63. The number of halogens is 4. The van der Waals surface area contributed by atoms with Crippen LogP contribution in [0.3, 0.4) is 0 Å². The maximum Gasteiger partial charge on any atom is 0.431 e. The number of rotatable bonds is 0. The first-order chi connectivity index (χ1) is 6.91. The number of aromatic amines is 1. The van der Waals surface area contributed by atoms with Gasteiger partial charge in [0.1, 0.15) is 11.5 Å². The Bertz CT molecular complexity index is 510. The number of hydrogen-bond donors (Lipinski definition) is 1. The molecule has 1 aromatic heterocycles. The van der Waals surface area contributed by atoms with Crippen LogP contribution in [0.4, 0.5) is 17.6 Å². The van der Waals surface area contributed by atoms with Gasteiger partial charge in [0.25, 0.3) is 0 Å². The molecular weight excluding hydrogens is 210 g/mol. The van der Waals surface area contributed by atoms with Crippen LogP contribution < -0.4 is 0 Å². The second-order valence-corrected chi connectivity index (χ2v) is 3.29. The van der Waals surface area contributed by atoms with Crippen molar-refractivity contribution in [3.63, 3.8) is 0 Å². The Hall–Kier alpha value is -1.52. The van der Waals surface area contributed by atoms with E-state index in [4.69, 9.17) is 0 Å². The maximum absolute atomic E-state index is 13.2. The van der Waals surface area contributed by atoms with Gasteiger partial charge in [-0.15, -0.1) is 0 Å². The van der Waals surface area contributed by atoms with Crippen molar-refractivity contribution in [2.75, 3.05) is 0 Å². The molecular formula is C10H7F4N. The number of alkyl halides is 3. The molecule has 2 rings (SSSR count). The van der Waals surface area contributed by atoms with E-state index in [0.717, 1.165) is 6.07 Å². The van der Waals surface area contributed by atoms with Crippen molar-refractivity contribution < 1.29 is 17.6 Å². The highest BCUT2D eigenvalue weighted by Gasteiger charge is 2.35. The molecule has 0 bridgehead atoms. The third-order valence-corrected chi connectivity index (χ3v) is 2.33. The summed E-state index contributed by atoms with van der Waals surface area (Å²) in [6, 6.07) is 3.97. The number of para-hydroxylation sites is 1. The van der Waals surface area contributed by atoms with E-state index in [9.17, 15) is 17.6 Å².